The van der Waals surface area contributed by atoms with Crippen molar-refractivity contribution in [1.82, 2.24) is 25.5 Å². The van der Waals surface area contributed by atoms with Gasteiger partial charge in [0.25, 0.3) is 0 Å². The van der Waals surface area contributed by atoms with Crippen molar-refractivity contribution < 1.29 is 0 Å². The summed E-state index contributed by atoms with van der Waals surface area (Å²) in [5.74, 6) is 0.828. The van der Waals surface area contributed by atoms with Gasteiger partial charge in [-0.25, -0.2) is 0 Å². The third kappa shape index (κ3) is 3.19. The summed E-state index contributed by atoms with van der Waals surface area (Å²) in [6.45, 7) is 7.22. The highest BCUT2D eigenvalue weighted by molar-refractivity contribution is 9.10. The molecule has 0 amide bonds. The maximum Gasteiger partial charge on any atom is 0.173 e. The van der Waals surface area contributed by atoms with Crippen LogP contribution in [0.15, 0.2) is 22.7 Å². The van der Waals surface area contributed by atoms with Crippen LogP contribution in [0.4, 0.5) is 0 Å². The first-order valence-corrected chi connectivity index (χ1v) is 7.21. The zero-order valence-electron chi connectivity index (χ0n) is 11.4. The fourth-order valence-corrected chi connectivity index (χ4v) is 2.25. The number of halogens is 1. The lowest BCUT2D eigenvalue weighted by Crippen LogP contribution is -2.23. The zero-order valence-corrected chi connectivity index (χ0v) is 13.0. The molecule has 0 radical (unpaired) electrons. The van der Waals surface area contributed by atoms with Crippen molar-refractivity contribution in [3.05, 3.63) is 34.1 Å². The summed E-state index contributed by atoms with van der Waals surface area (Å²) in [5, 5.41) is 15.5. The summed E-state index contributed by atoms with van der Waals surface area (Å²) in [5.41, 5.74) is 2.14. The van der Waals surface area contributed by atoms with Gasteiger partial charge in [-0.2, -0.15) is 4.68 Å². The van der Waals surface area contributed by atoms with Gasteiger partial charge in [0.1, 0.15) is 0 Å². The third-order valence-electron chi connectivity index (χ3n) is 2.98. The summed E-state index contributed by atoms with van der Waals surface area (Å²) in [7, 11) is 0. The summed E-state index contributed by atoms with van der Waals surface area (Å²) in [6.07, 6.45) is 1.09. The van der Waals surface area contributed by atoms with Gasteiger partial charge in [0, 0.05) is 4.47 Å². The van der Waals surface area contributed by atoms with Crippen molar-refractivity contribution in [1.29, 1.82) is 0 Å². The van der Waals surface area contributed by atoms with Gasteiger partial charge < -0.3 is 5.32 Å². The molecule has 1 aromatic heterocycles. The maximum atomic E-state index is 4.14. The molecule has 0 spiro atoms. The lowest BCUT2D eigenvalue weighted by molar-refractivity contribution is 0.531. The van der Waals surface area contributed by atoms with E-state index >= 15 is 0 Å². The Kier molecular flexibility index (Phi) is 4.66. The van der Waals surface area contributed by atoms with E-state index in [9.17, 15) is 0 Å². The van der Waals surface area contributed by atoms with E-state index in [2.05, 4.69) is 63.6 Å². The third-order valence-corrected chi connectivity index (χ3v) is 3.47. The van der Waals surface area contributed by atoms with Gasteiger partial charge in [-0.15, -0.1) is 5.10 Å². The number of aryl methyl sites for hydroxylation is 1. The van der Waals surface area contributed by atoms with Crippen LogP contribution in [0.1, 0.15) is 37.7 Å². The van der Waals surface area contributed by atoms with Crippen LogP contribution in [0, 0.1) is 6.92 Å². The Labute approximate surface area is 121 Å². The highest BCUT2D eigenvalue weighted by Crippen LogP contribution is 2.21. The molecule has 0 aliphatic rings. The Hall–Kier alpha value is -1.27. The van der Waals surface area contributed by atoms with E-state index in [1.807, 2.05) is 12.1 Å². The first-order chi connectivity index (χ1) is 9.13. The molecule has 0 fully saturated rings. The second kappa shape index (κ2) is 6.25. The quantitative estimate of drug-likeness (QED) is 0.919. The van der Waals surface area contributed by atoms with Gasteiger partial charge in [0.05, 0.1) is 11.7 Å². The highest BCUT2D eigenvalue weighted by atomic mass is 79.9. The Morgan fingerprint density at radius 3 is 2.95 bits per heavy atom. The topological polar surface area (TPSA) is 55.6 Å². The van der Waals surface area contributed by atoms with Crippen LogP contribution < -0.4 is 5.32 Å². The van der Waals surface area contributed by atoms with Gasteiger partial charge in [-0.05, 0) is 54.9 Å². The SMILES string of the molecule is CCCNC(C)c1nnnn1-c1cc(Br)ccc1C. The molecule has 2 aromatic rings. The Balaban J connectivity index is 2.35. The van der Waals surface area contributed by atoms with E-state index in [0.717, 1.165) is 34.5 Å². The predicted octanol–water partition coefficient (Wildman–Crippen LogP) is 2.79. The predicted molar refractivity (Wildman–Crippen MR) is 78.3 cm³/mol. The molecule has 1 N–H and O–H groups in total. The van der Waals surface area contributed by atoms with Crippen molar-refractivity contribution in [3.8, 4) is 5.69 Å². The molecule has 0 aliphatic heterocycles. The van der Waals surface area contributed by atoms with E-state index in [1.165, 1.54) is 0 Å². The number of nitrogens with one attached hydrogen (secondary N) is 1. The van der Waals surface area contributed by atoms with Crippen LogP contribution in [0.5, 0.6) is 0 Å². The van der Waals surface area contributed by atoms with Gasteiger partial charge in [0.2, 0.25) is 0 Å². The van der Waals surface area contributed by atoms with Gasteiger partial charge in [-0.3, -0.25) is 0 Å². The molecule has 0 saturated heterocycles. The van der Waals surface area contributed by atoms with Crippen LogP contribution in [0.3, 0.4) is 0 Å². The first kappa shape index (κ1) is 14.1. The van der Waals surface area contributed by atoms with Crippen LogP contribution >= 0.6 is 15.9 Å². The largest absolute Gasteiger partial charge is 0.307 e. The molecule has 6 heteroatoms. The number of aromatic nitrogens is 4. The first-order valence-electron chi connectivity index (χ1n) is 6.41. The van der Waals surface area contributed by atoms with Gasteiger partial charge in [-0.1, -0.05) is 28.9 Å². The Bertz CT molecular complexity index is 552. The standard InChI is InChI=1S/C13H18BrN5/c1-4-7-15-10(3)13-16-17-18-19(13)12-8-11(14)6-5-9(12)2/h5-6,8,10,15H,4,7H2,1-3H3. The molecule has 2 rings (SSSR count). The molecule has 0 aliphatic carbocycles. The number of nitrogens with zero attached hydrogens (tertiary/aromatic N) is 4. The minimum atomic E-state index is 0.119. The molecule has 5 nitrogen and oxygen atoms in total. The summed E-state index contributed by atoms with van der Waals surface area (Å²) < 4.78 is 2.82. The van der Waals surface area contributed by atoms with Crippen LogP contribution in [-0.4, -0.2) is 26.8 Å². The van der Waals surface area contributed by atoms with Crippen molar-refractivity contribution >= 4 is 15.9 Å². The number of hydrogen-bond donors (Lipinski definition) is 1. The molecule has 1 unspecified atom stereocenters. The second-order valence-corrected chi connectivity index (χ2v) is 5.47. The monoisotopic (exact) mass is 323 g/mol. The fourth-order valence-electron chi connectivity index (χ4n) is 1.90. The summed E-state index contributed by atoms with van der Waals surface area (Å²) in [6, 6.07) is 6.21. The normalized spacial score (nSPS) is 12.6. The van der Waals surface area contributed by atoms with Crippen LogP contribution in [0.2, 0.25) is 0 Å². The minimum Gasteiger partial charge on any atom is -0.307 e. The van der Waals surface area contributed by atoms with Crippen LogP contribution in [-0.2, 0) is 0 Å². The number of benzene rings is 1. The average molecular weight is 324 g/mol. The molecular weight excluding hydrogens is 306 g/mol. The van der Waals surface area contributed by atoms with E-state index in [1.54, 1.807) is 4.68 Å². The molecule has 1 aromatic carbocycles. The molecule has 102 valence electrons. The highest BCUT2D eigenvalue weighted by Gasteiger charge is 2.16. The molecule has 1 heterocycles. The van der Waals surface area contributed by atoms with Gasteiger partial charge in [0.15, 0.2) is 5.82 Å². The molecule has 0 saturated carbocycles. The fraction of sp³-hybridized carbons (Fsp3) is 0.462. The Morgan fingerprint density at radius 2 is 2.21 bits per heavy atom. The molecular formula is C13H18BrN5. The summed E-state index contributed by atoms with van der Waals surface area (Å²) in [4.78, 5) is 0. The van der Waals surface area contributed by atoms with E-state index in [0.29, 0.717) is 0 Å². The van der Waals surface area contributed by atoms with E-state index < -0.39 is 0 Å². The van der Waals surface area contributed by atoms with Crippen LogP contribution in [0.25, 0.3) is 5.69 Å². The lowest BCUT2D eigenvalue weighted by atomic mass is 10.2. The zero-order chi connectivity index (χ0) is 13.8. The number of rotatable bonds is 5. The van der Waals surface area contributed by atoms with Crippen molar-refractivity contribution in [2.45, 2.75) is 33.2 Å². The smallest absolute Gasteiger partial charge is 0.173 e. The minimum absolute atomic E-state index is 0.119. The maximum absolute atomic E-state index is 4.14. The van der Waals surface area contributed by atoms with E-state index in [4.69, 9.17) is 0 Å². The number of hydrogen-bond acceptors (Lipinski definition) is 4. The van der Waals surface area contributed by atoms with E-state index in [-0.39, 0.29) is 6.04 Å². The van der Waals surface area contributed by atoms with Crippen molar-refractivity contribution in [2.24, 2.45) is 0 Å². The Morgan fingerprint density at radius 1 is 1.42 bits per heavy atom. The van der Waals surface area contributed by atoms with Crippen molar-refractivity contribution in [2.75, 3.05) is 6.54 Å². The average Bonchev–Trinajstić information content (AvgIpc) is 2.88. The summed E-state index contributed by atoms with van der Waals surface area (Å²) >= 11 is 3.49. The number of tetrazole rings is 1. The lowest BCUT2D eigenvalue weighted by Gasteiger charge is -2.14. The second-order valence-electron chi connectivity index (χ2n) is 4.56. The van der Waals surface area contributed by atoms with Gasteiger partial charge >= 0.3 is 0 Å². The van der Waals surface area contributed by atoms with Crippen molar-refractivity contribution in [3.63, 3.8) is 0 Å². The molecule has 1 atom stereocenters. The molecule has 0 bridgehead atoms. The molecule has 19 heavy (non-hydrogen) atoms.